The Morgan fingerprint density at radius 2 is 1.80 bits per heavy atom. The van der Waals surface area contributed by atoms with Gasteiger partial charge in [-0.2, -0.15) is 5.10 Å². The van der Waals surface area contributed by atoms with Crippen molar-refractivity contribution in [2.75, 3.05) is 33.3 Å². The molecule has 30 heavy (non-hydrogen) atoms. The lowest BCUT2D eigenvalue weighted by Gasteiger charge is -2.36. The van der Waals surface area contributed by atoms with E-state index in [1.54, 1.807) is 21.3 Å². The van der Waals surface area contributed by atoms with Crippen molar-refractivity contribution < 1.29 is 14.2 Å². The third-order valence-corrected chi connectivity index (χ3v) is 6.14. The Bertz CT molecular complexity index is 1010. The van der Waals surface area contributed by atoms with Gasteiger partial charge < -0.3 is 19.1 Å². The highest BCUT2D eigenvalue weighted by Crippen LogP contribution is 2.42. The Balaban J connectivity index is 1.93. The molecule has 4 rings (SSSR count). The number of rotatable bonds is 8. The molecule has 0 saturated heterocycles. The third kappa shape index (κ3) is 3.39. The second-order valence-electron chi connectivity index (χ2n) is 7.86. The Morgan fingerprint density at radius 3 is 2.33 bits per heavy atom. The van der Waals surface area contributed by atoms with E-state index in [1.165, 1.54) is 24.9 Å². The average Bonchev–Trinajstić information content (AvgIpc) is 3.11. The lowest BCUT2D eigenvalue weighted by molar-refractivity contribution is 0.184. The monoisotopic (exact) mass is 409 g/mol. The van der Waals surface area contributed by atoms with E-state index in [-0.39, 0.29) is 0 Å². The number of aryl methyl sites for hydroxylation is 1. The van der Waals surface area contributed by atoms with Gasteiger partial charge in [0, 0.05) is 20.2 Å². The van der Waals surface area contributed by atoms with E-state index in [0.29, 0.717) is 12.6 Å². The molecular formula is C24H31N3O3. The van der Waals surface area contributed by atoms with Crippen molar-refractivity contribution in [3.63, 3.8) is 0 Å². The summed E-state index contributed by atoms with van der Waals surface area (Å²) in [5.41, 5.74) is 6.32. The number of benzene rings is 1. The molecule has 1 fully saturated rings. The van der Waals surface area contributed by atoms with Gasteiger partial charge in [-0.15, -0.1) is 0 Å². The van der Waals surface area contributed by atoms with Crippen molar-refractivity contribution in [2.45, 2.75) is 45.3 Å². The Morgan fingerprint density at radius 1 is 1.10 bits per heavy atom. The Labute approximate surface area is 178 Å². The predicted molar refractivity (Wildman–Crippen MR) is 120 cm³/mol. The summed E-state index contributed by atoms with van der Waals surface area (Å²) < 4.78 is 18.9. The molecule has 1 aromatic carbocycles. The normalized spacial score (nSPS) is 14.0. The van der Waals surface area contributed by atoms with E-state index in [0.717, 1.165) is 46.0 Å². The number of nitrogens with zero attached hydrogens (tertiary/aromatic N) is 3. The smallest absolute Gasteiger partial charge is 0.132 e. The van der Waals surface area contributed by atoms with Crippen LogP contribution in [0.5, 0.6) is 11.5 Å². The van der Waals surface area contributed by atoms with Gasteiger partial charge in [0.05, 0.1) is 49.0 Å². The highest BCUT2D eigenvalue weighted by atomic mass is 16.5. The van der Waals surface area contributed by atoms with E-state index < -0.39 is 0 Å². The number of methoxy groups -OCH3 is 3. The van der Waals surface area contributed by atoms with Crippen molar-refractivity contribution in [3.05, 3.63) is 41.6 Å². The SMILES string of the molecule is CCc1nn2c(-c3c(OC)cc(COC)cc3OC)cccc2c1N(C)C1CCC1. The quantitative estimate of drug-likeness (QED) is 0.539. The largest absolute Gasteiger partial charge is 0.496 e. The summed E-state index contributed by atoms with van der Waals surface area (Å²) in [6, 6.07) is 10.9. The summed E-state index contributed by atoms with van der Waals surface area (Å²) >= 11 is 0. The van der Waals surface area contributed by atoms with Crippen LogP contribution in [-0.2, 0) is 17.8 Å². The molecule has 6 heteroatoms. The van der Waals surface area contributed by atoms with E-state index >= 15 is 0 Å². The maximum Gasteiger partial charge on any atom is 0.132 e. The molecular weight excluding hydrogens is 378 g/mol. The first-order valence-electron chi connectivity index (χ1n) is 10.6. The predicted octanol–water partition coefficient (Wildman–Crippen LogP) is 4.72. The number of pyridine rings is 1. The van der Waals surface area contributed by atoms with Gasteiger partial charge in [-0.3, -0.25) is 0 Å². The van der Waals surface area contributed by atoms with Crippen molar-refractivity contribution in [3.8, 4) is 22.8 Å². The summed E-state index contributed by atoms with van der Waals surface area (Å²) in [5, 5.41) is 5.02. The molecule has 6 nitrogen and oxygen atoms in total. The molecule has 0 amide bonds. The van der Waals surface area contributed by atoms with Crippen LogP contribution in [0.3, 0.4) is 0 Å². The van der Waals surface area contributed by atoms with Gasteiger partial charge in [0.1, 0.15) is 11.5 Å². The second kappa shape index (κ2) is 8.56. The molecule has 0 bridgehead atoms. The first-order chi connectivity index (χ1) is 14.6. The number of ether oxygens (including phenoxy) is 3. The van der Waals surface area contributed by atoms with Crippen LogP contribution >= 0.6 is 0 Å². The molecule has 1 saturated carbocycles. The van der Waals surface area contributed by atoms with Gasteiger partial charge >= 0.3 is 0 Å². The summed E-state index contributed by atoms with van der Waals surface area (Å²) in [4.78, 5) is 2.42. The van der Waals surface area contributed by atoms with Gasteiger partial charge in [-0.1, -0.05) is 13.0 Å². The minimum Gasteiger partial charge on any atom is -0.496 e. The van der Waals surface area contributed by atoms with Crippen LogP contribution in [0.25, 0.3) is 16.8 Å². The highest BCUT2D eigenvalue weighted by Gasteiger charge is 2.27. The van der Waals surface area contributed by atoms with E-state index in [1.807, 2.05) is 16.6 Å². The first kappa shape index (κ1) is 20.5. The molecule has 3 aromatic rings. The Hall–Kier alpha value is -2.73. The van der Waals surface area contributed by atoms with Crippen molar-refractivity contribution >= 4 is 11.2 Å². The average molecular weight is 410 g/mol. The van der Waals surface area contributed by atoms with Gasteiger partial charge in [0.25, 0.3) is 0 Å². The number of aromatic nitrogens is 2. The van der Waals surface area contributed by atoms with Crippen LogP contribution in [0.1, 0.15) is 37.4 Å². The zero-order valence-electron chi connectivity index (χ0n) is 18.6. The fourth-order valence-electron chi connectivity index (χ4n) is 4.34. The van der Waals surface area contributed by atoms with E-state index in [4.69, 9.17) is 19.3 Å². The van der Waals surface area contributed by atoms with E-state index in [9.17, 15) is 0 Å². The summed E-state index contributed by atoms with van der Waals surface area (Å²) in [6.07, 6.45) is 4.69. The number of anilines is 1. The van der Waals surface area contributed by atoms with Gasteiger partial charge in [-0.25, -0.2) is 4.52 Å². The zero-order valence-corrected chi connectivity index (χ0v) is 18.6. The lowest BCUT2D eigenvalue weighted by Crippen LogP contribution is -2.37. The molecule has 2 aromatic heterocycles. The molecule has 2 heterocycles. The van der Waals surface area contributed by atoms with Gasteiger partial charge in [0.15, 0.2) is 0 Å². The number of hydrogen-bond donors (Lipinski definition) is 0. The van der Waals surface area contributed by atoms with Crippen LogP contribution in [0.2, 0.25) is 0 Å². The number of hydrogen-bond acceptors (Lipinski definition) is 5. The fraction of sp³-hybridized carbons (Fsp3) is 0.458. The van der Waals surface area contributed by atoms with Crippen LogP contribution in [0.15, 0.2) is 30.3 Å². The van der Waals surface area contributed by atoms with Crippen LogP contribution in [0.4, 0.5) is 5.69 Å². The molecule has 0 atom stereocenters. The number of fused-ring (bicyclic) bond motifs is 1. The van der Waals surface area contributed by atoms with Crippen molar-refractivity contribution in [1.82, 2.24) is 9.61 Å². The molecule has 0 unspecified atom stereocenters. The maximum absolute atomic E-state index is 5.77. The summed E-state index contributed by atoms with van der Waals surface area (Å²) in [6.45, 7) is 2.66. The molecule has 1 aliphatic carbocycles. The minimum atomic E-state index is 0.495. The van der Waals surface area contributed by atoms with Gasteiger partial charge in [0.2, 0.25) is 0 Å². The minimum absolute atomic E-state index is 0.495. The molecule has 0 aliphatic heterocycles. The lowest BCUT2D eigenvalue weighted by atomic mass is 9.91. The molecule has 0 N–H and O–H groups in total. The third-order valence-electron chi connectivity index (χ3n) is 6.14. The molecule has 0 radical (unpaired) electrons. The van der Waals surface area contributed by atoms with Crippen molar-refractivity contribution in [1.29, 1.82) is 0 Å². The van der Waals surface area contributed by atoms with Crippen LogP contribution < -0.4 is 14.4 Å². The topological polar surface area (TPSA) is 48.2 Å². The van der Waals surface area contributed by atoms with Gasteiger partial charge in [-0.05, 0) is 55.5 Å². The zero-order chi connectivity index (χ0) is 21.3. The second-order valence-corrected chi connectivity index (χ2v) is 7.86. The van der Waals surface area contributed by atoms with Crippen molar-refractivity contribution in [2.24, 2.45) is 0 Å². The molecule has 1 aliphatic rings. The highest BCUT2D eigenvalue weighted by molar-refractivity contribution is 5.82. The summed E-state index contributed by atoms with van der Waals surface area (Å²) in [5.74, 6) is 1.49. The fourth-order valence-corrected chi connectivity index (χ4v) is 4.34. The van der Waals surface area contributed by atoms with Crippen LogP contribution in [-0.4, -0.2) is 44.0 Å². The van der Waals surface area contributed by atoms with E-state index in [2.05, 4.69) is 37.1 Å². The Kier molecular flexibility index (Phi) is 5.86. The van der Waals surface area contributed by atoms with Crippen LogP contribution in [0, 0.1) is 0 Å². The first-order valence-corrected chi connectivity index (χ1v) is 10.6. The molecule has 0 spiro atoms. The molecule has 160 valence electrons. The summed E-state index contributed by atoms with van der Waals surface area (Å²) in [7, 11) is 7.26. The maximum atomic E-state index is 5.77. The standard InChI is InChI=1S/C24H31N3O3/c1-6-18-24(26(2)17-9-7-10-17)20-12-8-11-19(27(20)25-18)23-21(29-4)13-16(15-28-3)14-22(23)30-5/h8,11-14,17H,6-7,9-10,15H2,1-5H3.